The maximum absolute atomic E-state index is 12.6. The van der Waals surface area contributed by atoms with Gasteiger partial charge in [-0.3, -0.25) is 4.90 Å². The van der Waals surface area contributed by atoms with Gasteiger partial charge in [-0.05, 0) is 18.9 Å². The molecule has 13 heteroatoms. The molecule has 0 aromatic carbocycles. The summed E-state index contributed by atoms with van der Waals surface area (Å²) in [4.78, 5) is 24.6. The molecule has 3 aromatic heterocycles. The molecule has 35 heavy (non-hydrogen) atoms. The van der Waals surface area contributed by atoms with Gasteiger partial charge in [0, 0.05) is 63.1 Å². The monoisotopic (exact) mass is 516 g/mol. The molecule has 3 fully saturated rings. The number of thiophene rings is 1. The first kappa shape index (κ1) is 23.0. The summed E-state index contributed by atoms with van der Waals surface area (Å²) in [5.41, 5.74) is 6.38. The Bertz CT molecular complexity index is 1310. The number of sulfonamides is 1. The van der Waals surface area contributed by atoms with Gasteiger partial charge in [0.25, 0.3) is 0 Å². The molecule has 6 rings (SSSR count). The third-order valence-electron chi connectivity index (χ3n) is 6.68. The summed E-state index contributed by atoms with van der Waals surface area (Å²) < 4.78 is 32.3. The van der Waals surface area contributed by atoms with Crippen LogP contribution >= 0.6 is 11.3 Å². The van der Waals surface area contributed by atoms with Gasteiger partial charge in [0.1, 0.15) is 10.6 Å². The van der Waals surface area contributed by atoms with Crippen molar-refractivity contribution in [2.45, 2.75) is 24.6 Å². The topological polar surface area (TPSA) is 131 Å². The van der Waals surface area contributed by atoms with Gasteiger partial charge in [0.2, 0.25) is 16.0 Å². The van der Waals surface area contributed by atoms with E-state index in [-0.39, 0.29) is 11.2 Å². The number of hydrogen-bond donors (Lipinski definition) is 1. The quantitative estimate of drug-likeness (QED) is 0.509. The van der Waals surface area contributed by atoms with Crippen molar-refractivity contribution in [2.75, 3.05) is 63.1 Å². The molecular formula is C22H28N8O3S2. The average molecular weight is 517 g/mol. The number of fused-ring (bicyclic) bond motifs is 1. The Balaban J connectivity index is 1.26. The molecule has 1 aliphatic carbocycles. The number of hydrogen-bond acceptors (Lipinski definition) is 11. The van der Waals surface area contributed by atoms with Crippen molar-refractivity contribution in [1.29, 1.82) is 0 Å². The fourth-order valence-corrected chi connectivity index (χ4v) is 7.46. The number of piperazine rings is 1. The molecule has 0 bridgehead atoms. The fraction of sp³-hybridized carbons (Fsp3) is 0.545. The summed E-state index contributed by atoms with van der Waals surface area (Å²) >= 11 is 1.65. The van der Waals surface area contributed by atoms with E-state index in [9.17, 15) is 8.42 Å². The lowest BCUT2D eigenvalue weighted by Crippen LogP contribution is -2.49. The SMILES string of the molecule is Nc1ncc(-c2nc(N3CCOCC3)c3cc(CN4CCN(S(=O)(=O)C5CC5)CC4)sc3n2)cn1. The van der Waals surface area contributed by atoms with E-state index < -0.39 is 10.0 Å². The van der Waals surface area contributed by atoms with Crippen LogP contribution in [0, 0.1) is 0 Å². The largest absolute Gasteiger partial charge is 0.378 e. The molecule has 1 saturated carbocycles. The van der Waals surface area contributed by atoms with E-state index in [4.69, 9.17) is 20.4 Å². The predicted molar refractivity (Wildman–Crippen MR) is 135 cm³/mol. The Kier molecular flexibility index (Phi) is 6.05. The Hall–Kier alpha value is -2.45. The molecule has 11 nitrogen and oxygen atoms in total. The number of anilines is 2. The van der Waals surface area contributed by atoms with Crippen LogP contribution in [0.1, 0.15) is 17.7 Å². The zero-order valence-corrected chi connectivity index (χ0v) is 21.0. The third-order valence-corrected chi connectivity index (χ3v) is 10.1. The van der Waals surface area contributed by atoms with Gasteiger partial charge in [0.15, 0.2) is 5.82 Å². The molecule has 3 aliphatic rings. The van der Waals surface area contributed by atoms with E-state index in [0.29, 0.717) is 32.1 Å². The van der Waals surface area contributed by atoms with Gasteiger partial charge in [-0.25, -0.2) is 28.4 Å². The summed E-state index contributed by atoms with van der Waals surface area (Å²) in [5, 5.41) is 0.886. The highest BCUT2D eigenvalue weighted by atomic mass is 32.2. The van der Waals surface area contributed by atoms with Gasteiger partial charge >= 0.3 is 0 Å². The van der Waals surface area contributed by atoms with Crippen LogP contribution in [0.4, 0.5) is 11.8 Å². The first-order valence-electron chi connectivity index (χ1n) is 11.9. The molecule has 5 heterocycles. The van der Waals surface area contributed by atoms with Gasteiger partial charge in [0.05, 0.1) is 29.4 Å². The van der Waals surface area contributed by atoms with Crippen LogP contribution < -0.4 is 10.6 Å². The third kappa shape index (κ3) is 4.70. The smallest absolute Gasteiger partial charge is 0.219 e. The van der Waals surface area contributed by atoms with Crippen molar-refractivity contribution in [3.63, 3.8) is 0 Å². The highest BCUT2D eigenvalue weighted by Gasteiger charge is 2.41. The number of aromatic nitrogens is 4. The summed E-state index contributed by atoms with van der Waals surface area (Å²) in [5.74, 6) is 1.69. The zero-order valence-electron chi connectivity index (χ0n) is 19.3. The van der Waals surface area contributed by atoms with Gasteiger partial charge in [-0.1, -0.05) is 0 Å². The first-order chi connectivity index (χ1) is 17.0. The van der Waals surface area contributed by atoms with Crippen molar-refractivity contribution in [3.8, 4) is 11.4 Å². The highest BCUT2D eigenvalue weighted by Crippen LogP contribution is 2.35. The fourth-order valence-electron chi connectivity index (χ4n) is 4.57. The van der Waals surface area contributed by atoms with E-state index in [1.165, 1.54) is 4.88 Å². The van der Waals surface area contributed by atoms with E-state index in [2.05, 4.69) is 25.8 Å². The number of nitrogens with zero attached hydrogens (tertiary/aromatic N) is 7. The molecule has 2 saturated heterocycles. The predicted octanol–water partition coefficient (Wildman–Crippen LogP) is 1.18. The van der Waals surface area contributed by atoms with Crippen LogP contribution in [0.15, 0.2) is 18.5 Å². The Morgan fingerprint density at radius 2 is 1.74 bits per heavy atom. The van der Waals surface area contributed by atoms with Crippen LogP contribution in [0.5, 0.6) is 0 Å². The van der Waals surface area contributed by atoms with E-state index in [1.807, 2.05) is 0 Å². The second kappa shape index (κ2) is 9.21. The summed E-state index contributed by atoms with van der Waals surface area (Å²) in [6.45, 7) is 6.22. The second-order valence-electron chi connectivity index (χ2n) is 9.15. The van der Waals surface area contributed by atoms with Crippen LogP contribution in [-0.4, -0.2) is 95.3 Å². The van der Waals surface area contributed by atoms with Gasteiger partial charge in [-0.2, -0.15) is 4.31 Å². The Morgan fingerprint density at radius 3 is 2.43 bits per heavy atom. The normalized spacial score (nSPS) is 20.5. The molecule has 2 N–H and O–H groups in total. The first-order valence-corrected chi connectivity index (χ1v) is 14.2. The van der Waals surface area contributed by atoms with Crippen LogP contribution in [0.2, 0.25) is 0 Å². The second-order valence-corrected chi connectivity index (χ2v) is 12.5. The number of ether oxygens (including phenoxy) is 1. The number of rotatable bonds is 6. The maximum atomic E-state index is 12.6. The minimum Gasteiger partial charge on any atom is -0.378 e. The van der Waals surface area contributed by atoms with Crippen LogP contribution in [0.25, 0.3) is 21.6 Å². The highest BCUT2D eigenvalue weighted by molar-refractivity contribution is 7.90. The minimum atomic E-state index is -3.10. The Morgan fingerprint density at radius 1 is 1.03 bits per heavy atom. The van der Waals surface area contributed by atoms with Gasteiger partial charge < -0.3 is 15.4 Å². The lowest BCUT2D eigenvalue weighted by molar-refractivity contribution is 0.122. The molecule has 0 spiro atoms. The van der Waals surface area contributed by atoms with Crippen molar-refractivity contribution < 1.29 is 13.2 Å². The van der Waals surface area contributed by atoms with Crippen molar-refractivity contribution >= 4 is 43.3 Å². The van der Waals surface area contributed by atoms with Crippen molar-refractivity contribution in [1.82, 2.24) is 29.1 Å². The molecule has 3 aromatic rings. The summed E-state index contributed by atoms with van der Waals surface area (Å²) in [6, 6.07) is 2.18. The minimum absolute atomic E-state index is 0.144. The lowest BCUT2D eigenvalue weighted by Gasteiger charge is -2.33. The van der Waals surface area contributed by atoms with E-state index >= 15 is 0 Å². The van der Waals surface area contributed by atoms with Crippen LogP contribution in [-0.2, 0) is 21.3 Å². The summed E-state index contributed by atoms with van der Waals surface area (Å²) in [6.07, 6.45) is 4.91. The van der Waals surface area contributed by atoms with Crippen molar-refractivity contribution in [3.05, 3.63) is 23.3 Å². The van der Waals surface area contributed by atoms with Crippen molar-refractivity contribution in [2.24, 2.45) is 0 Å². The van der Waals surface area contributed by atoms with Crippen LogP contribution in [0.3, 0.4) is 0 Å². The molecule has 0 atom stereocenters. The Labute approximate surface area is 208 Å². The number of morpholine rings is 1. The number of nitrogen functional groups attached to an aromatic ring is 1. The van der Waals surface area contributed by atoms with E-state index in [1.54, 1.807) is 28.0 Å². The lowest BCUT2D eigenvalue weighted by atomic mass is 10.2. The molecule has 0 radical (unpaired) electrons. The maximum Gasteiger partial charge on any atom is 0.219 e. The molecule has 186 valence electrons. The molecule has 0 unspecified atom stereocenters. The van der Waals surface area contributed by atoms with Gasteiger partial charge in [-0.15, -0.1) is 11.3 Å². The standard InChI is InChI=1S/C22H28N8O3S2/c23-22-24-12-15(13-25-22)19-26-20(29-7-9-33-10-8-29)18-11-16(34-21(18)27-19)14-28-3-5-30(6-4-28)35(31,32)17-1-2-17/h11-13,17H,1-10,14H2,(H2,23,24,25). The molecule has 0 amide bonds. The zero-order chi connectivity index (χ0) is 24.0. The summed E-state index contributed by atoms with van der Waals surface area (Å²) in [7, 11) is -3.10. The number of nitrogens with two attached hydrogens (primary N) is 1. The van der Waals surface area contributed by atoms with E-state index in [0.717, 1.165) is 67.2 Å². The molecule has 2 aliphatic heterocycles. The average Bonchev–Trinajstić information content (AvgIpc) is 3.66. The molecular weight excluding hydrogens is 488 g/mol.